The van der Waals surface area contributed by atoms with Gasteiger partial charge in [0.25, 0.3) is 0 Å². The Balaban J connectivity index is 3.71. The number of carboxylic acids is 1. The normalized spacial score (nSPS) is 16.4. The first kappa shape index (κ1) is 25.1. The molecule has 1 rings (SSSR count). The van der Waals surface area contributed by atoms with Gasteiger partial charge in [0.2, 0.25) is 0 Å². The molecular weight excluding hydrogens is 421 g/mol. The van der Waals surface area contributed by atoms with Gasteiger partial charge >= 0.3 is 24.5 Å². The first-order chi connectivity index (χ1) is 12.9. The van der Waals surface area contributed by atoms with E-state index in [-0.39, 0.29) is 12.5 Å². The van der Waals surface area contributed by atoms with Gasteiger partial charge < -0.3 is 10.8 Å². The summed E-state index contributed by atoms with van der Waals surface area (Å²) in [5.74, 6) is -5.06. The minimum absolute atomic E-state index is 0.0391. The van der Waals surface area contributed by atoms with Crippen molar-refractivity contribution in [2.75, 3.05) is 6.54 Å². The number of nitrogens with two attached hydrogens (primary N) is 1. The van der Waals surface area contributed by atoms with Crippen LogP contribution < -0.4 is 5.73 Å². The molecule has 0 aliphatic carbocycles. The summed E-state index contributed by atoms with van der Waals surface area (Å²) in [6.07, 6.45) is -16.9. The Morgan fingerprint density at radius 1 is 0.966 bits per heavy atom. The van der Waals surface area contributed by atoms with Crippen molar-refractivity contribution >= 4 is 5.97 Å². The second kappa shape index (κ2) is 8.41. The first-order valence-corrected chi connectivity index (χ1v) is 8.23. The molecule has 3 atom stereocenters. The van der Waals surface area contributed by atoms with Crippen molar-refractivity contribution in [3.63, 3.8) is 0 Å². The van der Waals surface area contributed by atoms with Crippen LogP contribution in [0.3, 0.4) is 0 Å². The Labute approximate surface area is 159 Å². The number of alkyl halides is 9. The molecule has 0 fully saturated rings. The molecule has 3 nitrogen and oxygen atoms in total. The van der Waals surface area contributed by atoms with Crippen LogP contribution in [0, 0.1) is 11.8 Å². The molecule has 166 valence electrons. The van der Waals surface area contributed by atoms with Crippen molar-refractivity contribution in [1.82, 2.24) is 0 Å². The van der Waals surface area contributed by atoms with Gasteiger partial charge in [-0.15, -0.1) is 0 Å². The van der Waals surface area contributed by atoms with Crippen molar-refractivity contribution in [3.05, 3.63) is 34.4 Å². The van der Waals surface area contributed by atoms with E-state index in [9.17, 15) is 44.3 Å². The van der Waals surface area contributed by atoms with E-state index in [1.807, 2.05) is 0 Å². The van der Waals surface area contributed by atoms with E-state index in [4.69, 9.17) is 10.8 Å². The Morgan fingerprint density at radius 3 is 1.83 bits per heavy atom. The number of aliphatic carboxylic acids is 1. The van der Waals surface area contributed by atoms with Gasteiger partial charge in [0, 0.05) is 6.54 Å². The zero-order chi connectivity index (χ0) is 22.9. The molecule has 0 aliphatic rings. The number of rotatable bonds is 6. The summed E-state index contributed by atoms with van der Waals surface area (Å²) in [4.78, 5) is 11.1. The molecule has 12 heteroatoms. The average Bonchev–Trinajstić information content (AvgIpc) is 2.54. The van der Waals surface area contributed by atoms with E-state index < -0.39 is 77.1 Å². The van der Waals surface area contributed by atoms with Gasteiger partial charge in [0.1, 0.15) is 0 Å². The molecule has 0 saturated carbocycles. The molecule has 0 aromatic heterocycles. The van der Waals surface area contributed by atoms with E-state index in [1.165, 1.54) is 6.92 Å². The van der Waals surface area contributed by atoms with Crippen molar-refractivity contribution in [2.45, 2.75) is 44.7 Å². The fraction of sp³-hybridized carbons (Fsp3) is 0.588. The highest BCUT2D eigenvalue weighted by Crippen LogP contribution is 2.48. The lowest BCUT2D eigenvalue weighted by Gasteiger charge is -2.28. The predicted molar refractivity (Wildman–Crippen MR) is 83.8 cm³/mol. The lowest BCUT2D eigenvalue weighted by Crippen LogP contribution is -2.28. The van der Waals surface area contributed by atoms with Gasteiger partial charge in [-0.3, -0.25) is 4.79 Å². The maximum atomic E-state index is 13.5. The highest BCUT2D eigenvalue weighted by atomic mass is 19.4. The molecule has 0 aliphatic heterocycles. The van der Waals surface area contributed by atoms with E-state index in [0.717, 1.165) is 6.92 Å². The molecule has 0 bridgehead atoms. The van der Waals surface area contributed by atoms with E-state index in [1.54, 1.807) is 0 Å². The second-order valence-electron chi connectivity index (χ2n) is 6.75. The number of hydrogen-bond acceptors (Lipinski definition) is 2. The SMILES string of the molecule is CC(CC(CN)C(=O)O)C(C)c1cc(C(F)(F)F)cc(C(F)(F)F)c1C(F)(F)F. The van der Waals surface area contributed by atoms with Gasteiger partial charge in [0.05, 0.1) is 22.6 Å². The average molecular weight is 439 g/mol. The van der Waals surface area contributed by atoms with Gasteiger partial charge in [0.15, 0.2) is 0 Å². The zero-order valence-corrected chi connectivity index (χ0v) is 15.1. The quantitative estimate of drug-likeness (QED) is 0.573. The summed E-state index contributed by atoms with van der Waals surface area (Å²) in [6, 6.07) is -0.527. The Bertz CT molecular complexity index is 738. The third kappa shape index (κ3) is 6.00. The van der Waals surface area contributed by atoms with Crippen LogP contribution in [0.4, 0.5) is 39.5 Å². The number of carbonyl (C=O) groups is 1. The topological polar surface area (TPSA) is 63.3 Å². The summed E-state index contributed by atoms with van der Waals surface area (Å²) < 4.78 is 119. The van der Waals surface area contributed by atoms with Crippen molar-refractivity contribution < 1.29 is 49.4 Å². The largest absolute Gasteiger partial charge is 0.481 e. The summed E-state index contributed by atoms with van der Waals surface area (Å²) >= 11 is 0. The van der Waals surface area contributed by atoms with Crippen LogP contribution in [0.2, 0.25) is 0 Å². The fourth-order valence-electron chi connectivity index (χ4n) is 2.98. The van der Waals surface area contributed by atoms with Gasteiger partial charge in [-0.25, -0.2) is 0 Å². The monoisotopic (exact) mass is 439 g/mol. The molecule has 0 amide bonds. The molecule has 0 heterocycles. The molecule has 0 radical (unpaired) electrons. The number of hydrogen-bond donors (Lipinski definition) is 2. The van der Waals surface area contributed by atoms with Gasteiger partial charge in [-0.05, 0) is 36.0 Å². The standard InChI is InChI=1S/C17H18F9NO2/c1-7(3-9(6-27)14(28)29)8(2)11-4-10(15(18,19)20)5-12(16(21,22)23)13(11)17(24,25)26/h4-5,7-9H,3,6,27H2,1-2H3,(H,28,29). The zero-order valence-electron chi connectivity index (χ0n) is 15.1. The maximum absolute atomic E-state index is 13.5. The Kier molecular flexibility index (Phi) is 7.26. The molecule has 3 unspecified atom stereocenters. The van der Waals surface area contributed by atoms with Gasteiger partial charge in [-0.2, -0.15) is 39.5 Å². The van der Waals surface area contributed by atoms with Crippen LogP contribution in [0.15, 0.2) is 12.1 Å². The predicted octanol–water partition coefficient (Wildman–Crippen LogP) is 5.53. The van der Waals surface area contributed by atoms with E-state index >= 15 is 0 Å². The molecule has 0 saturated heterocycles. The molecule has 29 heavy (non-hydrogen) atoms. The van der Waals surface area contributed by atoms with Crippen LogP contribution >= 0.6 is 0 Å². The van der Waals surface area contributed by atoms with E-state index in [2.05, 4.69) is 0 Å². The molecule has 1 aromatic rings. The smallest absolute Gasteiger partial charge is 0.417 e. The highest BCUT2D eigenvalue weighted by molar-refractivity contribution is 5.70. The summed E-state index contributed by atoms with van der Waals surface area (Å²) in [6.45, 7) is 1.86. The third-order valence-corrected chi connectivity index (χ3v) is 4.72. The van der Waals surface area contributed by atoms with Crippen LogP contribution in [0.25, 0.3) is 0 Å². The molecule has 3 N–H and O–H groups in total. The molecular formula is C17H18F9NO2. The maximum Gasteiger partial charge on any atom is 0.417 e. The van der Waals surface area contributed by atoms with Crippen LogP contribution in [-0.2, 0) is 23.3 Å². The summed E-state index contributed by atoms with van der Waals surface area (Å²) in [7, 11) is 0. The lowest BCUT2D eigenvalue weighted by molar-refractivity contribution is -0.164. The van der Waals surface area contributed by atoms with Crippen LogP contribution in [-0.4, -0.2) is 17.6 Å². The highest BCUT2D eigenvalue weighted by Gasteiger charge is 2.48. The van der Waals surface area contributed by atoms with Crippen LogP contribution in [0.5, 0.6) is 0 Å². The Morgan fingerprint density at radius 2 is 1.48 bits per heavy atom. The summed E-state index contributed by atoms with van der Waals surface area (Å²) in [5.41, 5.74) is -2.46. The minimum Gasteiger partial charge on any atom is -0.481 e. The molecule has 0 spiro atoms. The second-order valence-corrected chi connectivity index (χ2v) is 6.75. The van der Waals surface area contributed by atoms with Crippen molar-refractivity contribution in [1.29, 1.82) is 0 Å². The summed E-state index contributed by atoms with van der Waals surface area (Å²) in [5, 5.41) is 9.00. The number of carboxylic acid groups (broad SMARTS) is 1. The minimum atomic E-state index is -5.69. The van der Waals surface area contributed by atoms with Crippen LogP contribution in [0.1, 0.15) is 48.4 Å². The molecule has 1 aromatic carbocycles. The first-order valence-electron chi connectivity index (χ1n) is 8.23. The van der Waals surface area contributed by atoms with Crippen molar-refractivity contribution in [3.8, 4) is 0 Å². The fourth-order valence-corrected chi connectivity index (χ4v) is 2.98. The van der Waals surface area contributed by atoms with E-state index in [0.29, 0.717) is 0 Å². The third-order valence-electron chi connectivity index (χ3n) is 4.72. The van der Waals surface area contributed by atoms with Crippen molar-refractivity contribution in [2.24, 2.45) is 17.6 Å². The van der Waals surface area contributed by atoms with Gasteiger partial charge in [-0.1, -0.05) is 13.8 Å². The Hall–Kier alpha value is -1.98. The number of benzene rings is 1. The number of halogens is 9. The lowest BCUT2D eigenvalue weighted by atomic mass is 9.79.